The molecule has 1 aromatic carbocycles. The van der Waals surface area contributed by atoms with E-state index >= 15 is 0 Å². The van der Waals surface area contributed by atoms with E-state index in [1.54, 1.807) is 0 Å². The van der Waals surface area contributed by atoms with Crippen molar-refractivity contribution in [2.45, 2.75) is 51.5 Å². The van der Waals surface area contributed by atoms with Crippen LogP contribution in [-0.2, 0) is 11.2 Å². The number of nitrogens with one attached hydrogen (secondary N) is 1. The highest BCUT2D eigenvalue weighted by molar-refractivity contribution is 5.76. The molecule has 1 heterocycles. The van der Waals surface area contributed by atoms with Crippen LogP contribution in [0.1, 0.15) is 44.6 Å². The van der Waals surface area contributed by atoms with E-state index in [0.29, 0.717) is 18.4 Å². The first-order valence-corrected chi connectivity index (χ1v) is 8.35. The third-order valence-electron chi connectivity index (χ3n) is 4.23. The van der Waals surface area contributed by atoms with Crippen molar-refractivity contribution in [1.29, 1.82) is 0 Å². The van der Waals surface area contributed by atoms with E-state index in [9.17, 15) is 4.79 Å². The van der Waals surface area contributed by atoms with Crippen molar-refractivity contribution in [3.05, 3.63) is 35.9 Å². The molecule has 1 aliphatic rings. The third-order valence-corrected chi connectivity index (χ3v) is 4.23. The van der Waals surface area contributed by atoms with E-state index < -0.39 is 0 Å². The Morgan fingerprint density at radius 1 is 1.24 bits per heavy atom. The van der Waals surface area contributed by atoms with E-state index in [1.807, 2.05) is 6.07 Å². The Morgan fingerprint density at radius 3 is 2.62 bits per heavy atom. The van der Waals surface area contributed by atoms with Crippen molar-refractivity contribution >= 4 is 5.91 Å². The fourth-order valence-electron chi connectivity index (χ4n) is 3.10. The fourth-order valence-corrected chi connectivity index (χ4v) is 3.10. The molecule has 1 aliphatic heterocycles. The molecule has 0 bridgehead atoms. The maximum absolute atomic E-state index is 12.5. The average Bonchev–Trinajstić information content (AvgIpc) is 2.54. The first-order valence-electron chi connectivity index (χ1n) is 8.35. The van der Waals surface area contributed by atoms with Gasteiger partial charge in [0.2, 0.25) is 5.91 Å². The molecule has 116 valence electrons. The van der Waals surface area contributed by atoms with Gasteiger partial charge in [-0.2, -0.15) is 0 Å². The topological polar surface area (TPSA) is 32.3 Å². The van der Waals surface area contributed by atoms with Gasteiger partial charge in [0.15, 0.2) is 0 Å². The molecule has 1 fully saturated rings. The Hall–Kier alpha value is -1.35. The number of benzene rings is 1. The van der Waals surface area contributed by atoms with Gasteiger partial charge in [-0.1, -0.05) is 37.3 Å². The predicted molar refractivity (Wildman–Crippen MR) is 87.3 cm³/mol. The lowest BCUT2D eigenvalue weighted by Crippen LogP contribution is -2.46. The van der Waals surface area contributed by atoms with Gasteiger partial charge >= 0.3 is 0 Å². The van der Waals surface area contributed by atoms with Gasteiger partial charge in [-0.25, -0.2) is 0 Å². The molecule has 0 aromatic heterocycles. The average molecular weight is 288 g/mol. The van der Waals surface area contributed by atoms with Crippen LogP contribution >= 0.6 is 0 Å². The second-order valence-electron chi connectivity index (χ2n) is 5.91. The molecule has 1 saturated heterocycles. The summed E-state index contributed by atoms with van der Waals surface area (Å²) in [6, 6.07) is 10.9. The van der Waals surface area contributed by atoms with Crippen LogP contribution in [0.4, 0.5) is 0 Å². The SMILES string of the molecule is CCCN(C(=O)CCCc1ccccc1)C1CCNCC1. The highest BCUT2D eigenvalue weighted by Gasteiger charge is 2.23. The summed E-state index contributed by atoms with van der Waals surface area (Å²) in [5, 5.41) is 3.38. The summed E-state index contributed by atoms with van der Waals surface area (Å²) in [6.45, 7) is 5.16. The summed E-state index contributed by atoms with van der Waals surface area (Å²) >= 11 is 0. The molecular formula is C18H28N2O. The predicted octanol–water partition coefficient (Wildman–Crippen LogP) is 3.00. The molecule has 0 saturated carbocycles. The molecule has 3 nitrogen and oxygen atoms in total. The Morgan fingerprint density at radius 2 is 1.95 bits per heavy atom. The normalized spacial score (nSPS) is 15.9. The minimum Gasteiger partial charge on any atom is -0.340 e. The summed E-state index contributed by atoms with van der Waals surface area (Å²) < 4.78 is 0. The Kier molecular flexibility index (Phi) is 6.74. The second kappa shape index (κ2) is 8.83. The Bertz CT molecular complexity index is 412. The molecule has 0 aliphatic carbocycles. The Labute approximate surface area is 128 Å². The summed E-state index contributed by atoms with van der Waals surface area (Å²) in [6.07, 6.45) is 5.88. The quantitative estimate of drug-likeness (QED) is 0.836. The minimum absolute atomic E-state index is 0.347. The largest absolute Gasteiger partial charge is 0.340 e. The molecule has 0 atom stereocenters. The number of hydrogen-bond acceptors (Lipinski definition) is 2. The van der Waals surface area contributed by atoms with Crippen molar-refractivity contribution in [2.24, 2.45) is 0 Å². The van der Waals surface area contributed by atoms with Crippen LogP contribution in [0, 0.1) is 0 Å². The molecule has 2 rings (SSSR count). The van der Waals surface area contributed by atoms with Crippen LogP contribution < -0.4 is 5.32 Å². The van der Waals surface area contributed by atoms with Crippen LogP contribution in [0.3, 0.4) is 0 Å². The lowest BCUT2D eigenvalue weighted by Gasteiger charge is -2.34. The summed E-state index contributed by atoms with van der Waals surface area (Å²) in [7, 11) is 0. The number of nitrogens with zero attached hydrogens (tertiary/aromatic N) is 1. The number of hydrogen-bond donors (Lipinski definition) is 1. The van der Waals surface area contributed by atoms with Gasteiger partial charge in [-0.3, -0.25) is 4.79 Å². The summed E-state index contributed by atoms with van der Waals surface area (Å²) in [4.78, 5) is 14.7. The molecule has 0 unspecified atom stereocenters. The lowest BCUT2D eigenvalue weighted by atomic mass is 10.0. The van der Waals surface area contributed by atoms with Gasteiger partial charge in [0.05, 0.1) is 0 Å². The van der Waals surface area contributed by atoms with Gasteiger partial charge in [0.25, 0.3) is 0 Å². The molecule has 0 radical (unpaired) electrons. The molecule has 1 amide bonds. The maximum atomic E-state index is 12.5. The zero-order valence-corrected chi connectivity index (χ0v) is 13.2. The van der Waals surface area contributed by atoms with E-state index in [-0.39, 0.29) is 0 Å². The number of rotatable bonds is 7. The molecule has 1 N–H and O–H groups in total. The number of amides is 1. The molecule has 1 aromatic rings. The van der Waals surface area contributed by atoms with Crippen molar-refractivity contribution in [3.8, 4) is 0 Å². The van der Waals surface area contributed by atoms with Crippen LogP contribution in [-0.4, -0.2) is 36.5 Å². The van der Waals surface area contributed by atoms with E-state index in [0.717, 1.165) is 51.7 Å². The summed E-state index contributed by atoms with van der Waals surface area (Å²) in [5.74, 6) is 0.347. The van der Waals surface area contributed by atoms with Gasteiger partial charge in [0.1, 0.15) is 0 Å². The second-order valence-corrected chi connectivity index (χ2v) is 5.91. The number of carbonyl (C=O) groups is 1. The zero-order chi connectivity index (χ0) is 14.9. The number of carbonyl (C=O) groups excluding carboxylic acids is 1. The zero-order valence-electron chi connectivity index (χ0n) is 13.2. The monoisotopic (exact) mass is 288 g/mol. The fraction of sp³-hybridized carbons (Fsp3) is 0.611. The Balaban J connectivity index is 1.80. The van der Waals surface area contributed by atoms with Crippen molar-refractivity contribution in [1.82, 2.24) is 10.2 Å². The van der Waals surface area contributed by atoms with E-state index in [4.69, 9.17) is 0 Å². The first-order chi connectivity index (χ1) is 10.3. The van der Waals surface area contributed by atoms with E-state index in [1.165, 1.54) is 5.56 Å². The highest BCUT2D eigenvalue weighted by Crippen LogP contribution is 2.15. The smallest absolute Gasteiger partial charge is 0.222 e. The van der Waals surface area contributed by atoms with Crippen LogP contribution in [0.25, 0.3) is 0 Å². The minimum atomic E-state index is 0.347. The molecule has 21 heavy (non-hydrogen) atoms. The van der Waals surface area contributed by atoms with Gasteiger partial charge in [-0.15, -0.1) is 0 Å². The number of piperidine rings is 1. The maximum Gasteiger partial charge on any atom is 0.222 e. The lowest BCUT2D eigenvalue weighted by molar-refractivity contribution is -0.134. The van der Waals surface area contributed by atoms with E-state index in [2.05, 4.69) is 41.4 Å². The van der Waals surface area contributed by atoms with Gasteiger partial charge in [0, 0.05) is 19.0 Å². The van der Waals surface area contributed by atoms with Crippen molar-refractivity contribution in [3.63, 3.8) is 0 Å². The first kappa shape index (κ1) is 16.0. The van der Waals surface area contributed by atoms with Gasteiger partial charge in [-0.05, 0) is 50.8 Å². The van der Waals surface area contributed by atoms with Crippen molar-refractivity contribution < 1.29 is 4.79 Å². The van der Waals surface area contributed by atoms with Gasteiger partial charge < -0.3 is 10.2 Å². The molecular weight excluding hydrogens is 260 g/mol. The molecule has 0 spiro atoms. The van der Waals surface area contributed by atoms with Crippen LogP contribution in [0.5, 0.6) is 0 Å². The third kappa shape index (κ3) is 5.16. The van der Waals surface area contributed by atoms with Crippen molar-refractivity contribution in [2.75, 3.05) is 19.6 Å². The van der Waals surface area contributed by atoms with Crippen LogP contribution in [0.2, 0.25) is 0 Å². The highest BCUT2D eigenvalue weighted by atomic mass is 16.2. The number of aryl methyl sites for hydroxylation is 1. The molecule has 3 heteroatoms. The summed E-state index contributed by atoms with van der Waals surface area (Å²) in [5.41, 5.74) is 1.33. The van der Waals surface area contributed by atoms with Crippen LogP contribution in [0.15, 0.2) is 30.3 Å². The standard InChI is InChI=1S/C18H28N2O/c1-2-15-20(17-11-13-19-14-12-17)18(21)10-6-9-16-7-4-3-5-8-16/h3-5,7-8,17,19H,2,6,9-15H2,1H3.